The lowest BCUT2D eigenvalue weighted by molar-refractivity contribution is 0.199. The van der Waals surface area contributed by atoms with Gasteiger partial charge in [-0.05, 0) is 0 Å². The minimum Gasteiger partial charge on any atom is -0.444 e. The van der Waals surface area contributed by atoms with Crippen molar-refractivity contribution in [3.63, 3.8) is 0 Å². The highest BCUT2D eigenvalue weighted by Gasteiger charge is 1.99. The van der Waals surface area contributed by atoms with E-state index in [2.05, 4.69) is 20.9 Å². The average Bonchev–Trinajstić information content (AvgIpc) is 1.85. The Hall–Kier alpha value is -0.730. The molecule has 0 saturated heterocycles. The van der Waals surface area contributed by atoms with E-state index in [4.69, 9.17) is 0 Å². The first kappa shape index (κ1) is 10.3. The summed E-state index contributed by atoms with van der Waals surface area (Å²) in [6.07, 6.45) is 3.29. The van der Waals surface area contributed by atoms with Crippen LogP contribution in [0, 0.1) is 12.0 Å². The van der Waals surface area contributed by atoms with Crippen molar-refractivity contribution in [3.05, 3.63) is 0 Å². The zero-order chi connectivity index (χ0) is 8.74. The van der Waals surface area contributed by atoms with Crippen LogP contribution in [0.2, 0.25) is 0 Å². The molecule has 4 nitrogen and oxygen atoms in total. The number of ether oxygens (including phenoxy) is 1. The van der Waals surface area contributed by atoms with Gasteiger partial charge in [-0.1, -0.05) is 5.92 Å². The fourth-order valence-corrected chi connectivity index (χ4v) is 0.721. The van der Waals surface area contributed by atoms with Gasteiger partial charge in [0.05, 0.1) is 6.26 Å². The van der Waals surface area contributed by atoms with Crippen LogP contribution in [0.15, 0.2) is 0 Å². The average molecular weight is 178 g/mol. The van der Waals surface area contributed by atoms with Gasteiger partial charge in [0.2, 0.25) is 0 Å². The fraction of sp³-hybridized carbons (Fsp3) is 0.667. The van der Waals surface area contributed by atoms with E-state index >= 15 is 0 Å². The van der Waals surface area contributed by atoms with Crippen molar-refractivity contribution in [2.75, 3.05) is 19.5 Å². The van der Waals surface area contributed by atoms with Gasteiger partial charge in [-0.15, -0.1) is 0 Å². The summed E-state index contributed by atoms with van der Waals surface area (Å²) in [7, 11) is -3.34. The molecule has 0 heterocycles. The second-order valence-electron chi connectivity index (χ2n) is 1.73. The molecule has 0 saturated carbocycles. The summed E-state index contributed by atoms with van der Waals surface area (Å²) < 4.78 is 29.7. The zero-order valence-corrected chi connectivity index (χ0v) is 7.27. The molecule has 0 amide bonds. The molecule has 0 unspecified atom stereocenters. The lowest BCUT2D eigenvalue weighted by atomic mass is 10.8. The molecule has 0 rings (SSSR count). The van der Waals surface area contributed by atoms with E-state index in [0.717, 1.165) is 6.26 Å². The zero-order valence-electron chi connectivity index (χ0n) is 6.46. The van der Waals surface area contributed by atoms with Crippen LogP contribution in [0.25, 0.3) is 0 Å². The van der Waals surface area contributed by atoms with Gasteiger partial charge in [-0.3, -0.25) is 4.18 Å². The highest BCUT2D eigenvalue weighted by molar-refractivity contribution is 7.85. The van der Waals surface area contributed by atoms with Gasteiger partial charge in [0.1, 0.15) is 19.3 Å². The van der Waals surface area contributed by atoms with E-state index in [0.29, 0.717) is 0 Å². The molecule has 0 aliphatic heterocycles. The Kier molecular flexibility index (Phi) is 4.66. The van der Waals surface area contributed by atoms with Crippen LogP contribution in [0.5, 0.6) is 0 Å². The van der Waals surface area contributed by atoms with Gasteiger partial charge in [-0.2, -0.15) is 8.42 Å². The summed E-state index contributed by atoms with van der Waals surface area (Å²) >= 11 is 0. The summed E-state index contributed by atoms with van der Waals surface area (Å²) in [4.78, 5) is 0. The topological polar surface area (TPSA) is 52.6 Å². The summed E-state index contributed by atoms with van der Waals surface area (Å²) in [5.41, 5.74) is 0. The first-order valence-electron chi connectivity index (χ1n) is 2.94. The normalized spacial score (nSPS) is 10.0. The molecule has 11 heavy (non-hydrogen) atoms. The lowest BCUT2D eigenvalue weighted by Gasteiger charge is -1.97. The van der Waals surface area contributed by atoms with Crippen LogP contribution in [-0.4, -0.2) is 27.9 Å². The van der Waals surface area contributed by atoms with Gasteiger partial charge >= 0.3 is 0 Å². The molecular weight excluding hydrogens is 168 g/mol. The first-order valence-corrected chi connectivity index (χ1v) is 4.76. The molecule has 0 aliphatic carbocycles. The second kappa shape index (κ2) is 4.99. The van der Waals surface area contributed by atoms with Crippen molar-refractivity contribution in [2.45, 2.75) is 6.92 Å². The molecule has 5 heteroatoms. The van der Waals surface area contributed by atoms with Gasteiger partial charge in [-0.25, -0.2) is 0 Å². The van der Waals surface area contributed by atoms with E-state index in [9.17, 15) is 8.42 Å². The largest absolute Gasteiger partial charge is 0.444 e. The molecule has 0 N–H and O–H groups in total. The van der Waals surface area contributed by atoms with Gasteiger partial charge in [0.25, 0.3) is 10.1 Å². The molecule has 0 aromatic carbocycles. The molecule has 0 fully saturated rings. The number of hydrogen-bond donors (Lipinski definition) is 0. The Labute approximate surface area is 66.6 Å². The first-order chi connectivity index (χ1) is 5.06. The van der Waals surface area contributed by atoms with E-state index in [1.54, 1.807) is 6.92 Å². The van der Waals surface area contributed by atoms with Crippen LogP contribution in [0.3, 0.4) is 0 Å². The third-order valence-corrected chi connectivity index (χ3v) is 1.25. The Morgan fingerprint density at radius 3 is 2.45 bits per heavy atom. The molecule has 0 bridgehead atoms. The molecule has 0 atom stereocenters. The molecular formula is C6H10O4S. The Morgan fingerprint density at radius 2 is 2.00 bits per heavy atom. The standard InChI is InChI=1S/C6H10O4S/c1-3-4-9-5-6-10-11(2,7)8/h5-6H2,1-2H3. The van der Waals surface area contributed by atoms with Crippen LogP contribution in [0.4, 0.5) is 0 Å². The van der Waals surface area contributed by atoms with Crippen LogP contribution in [-0.2, 0) is 19.0 Å². The van der Waals surface area contributed by atoms with E-state index in [1.807, 2.05) is 0 Å². The monoisotopic (exact) mass is 178 g/mol. The minimum atomic E-state index is -3.34. The summed E-state index contributed by atoms with van der Waals surface area (Å²) in [5, 5.41) is 0. The molecule has 0 radical (unpaired) electrons. The Morgan fingerprint density at radius 1 is 1.36 bits per heavy atom. The molecule has 0 aliphatic rings. The van der Waals surface area contributed by atoms with Gasteiger partial charge in [0, 0.05) is 6.92 Å². The van der Waals surface area contributed by atoms with Crippen molar-refractivity contribution in [1.29, 1.82) is 0 Å². The SMILES string of the molecule is CC#COCCOS(C)(=O)=O. The maximum Gasteiger partial charge on any atom is 0.264 e. The molecule has 0 aromatic heterocycles. The molecule has 64 valence electrons. The summed E-state index contributed by atoms with van der Waals surface area (Å²) in [6, 6.07) is 0. The van der Waals surface area contributed by atoms with Crippen molar-refractivity contribution in [2.24, 2.45) is 0 Å². The Bertz CT molecular complexity index is 243. The van der Waals surface area contributed by atoms with Crippen LogP contribution < -0.4 is 0 Å². The lowest BCUT2D eigenvalue weighted by Crippen LogP contribution is -2.07. The van der Waals surface area contributed by atoms with Crippen LogP contribution in [0.1, 0.15) is 6.92 Å². The van der Waals surface area contributed by atoms with E-state index < -0.39 is 10.1 Å². The third-order valence-electron chi connectivity index (χ3n) is 0.657. The minimum absolute atomic E-state index is 0.00745. The number of hydrogen-bond acceptors (Lipinski definition) is 4. The third kappa shape index (κ3) is 9.27. The van der Waals surface area contributed by atoms with Crippen LogP contribution >= 0.6 is 0 Å². The maximum absolute atomic E-state index is 10.4. The predicted molar refractivity (Wildman–Crippen MR) is 40.2 cm³/mol. The number of rotatable bonds is 4. The summed E-state index contributed by atoms with van der Waals surface area (Å²) in [5.74, 6) is 2.49. The summed E-state index contributed by atoms with van der Waals surface area (Å²) in [6.45, 7) is 1.79. The van der Waals surface area contributed by atoms with E-state index in [1.165, 1.54) is 0 Å². The van der Waals surface area contributed by atoms with Crippen molar-refractivity contribution < 1.29 is 17.3 Å². The quantitative estimate of drug-likeness (QED) is 0.344. The van der Waals surface area contributed by atoms with Crippen molar-refractivity contribution in [3.8, 4) is 12.0 Å². The van der Waals surface area contributed by atoms with Crippen molar-refractivity contribution >= 4 is 10.1 Å². The van der Waals surface area contributed by atoms with Gasteiger partial charge < -0.3 is 4.74 Å². The second-order valence-corrected chi connectivity index (χ2v) is 3.37. The Balaban J connectivity index is 3.34. The highest BCUT2D eigenvalue weighted by atomic mass is 32.2. The smallest absolute Gasteiger partial charge is 0.264 e. The van der Waals surface area contributed by atoms with Gasteiger partial charge in [0.15, 0.2) is 0 Å². The fourth-order valence-electron chi connectivity index (χ4n) is 0.350. The maximum atomic E-state index is 10.4. The molecule has 0 aromatic rings. The molecule has 0 spiro atoms. The van der Waals surface area contributed by atoms with Crippen molar-refractivity contribution in [1.82, 2.24) is 0 Å². The highest BCUT2D eigenvalue weighted by Crippen LogP contribution is 1.85. The van der Waals surface area contributed by atoms with E-state index in [-0.39, 0.29) is 13.2 Å². The predicted octanol–water partition coefficient (Wildman–Crippen LogP) is -0.0400.